The first-order chi connectivity index (χ1) is 14.7. The molecular formula is C23H45NO6S. The van der Waals surface area contributed by atoms with Crippen LogP contribution < -0.4 is 5.32 Å². The average molecular weight is 464 g/mol. The number of hydrogen-bond acceptors (Lipinski definition) is 5. The molecule has 7 nitrogen and oxygen atoms in total. The van der Waals surface area contributed by atoms with E-state index < -0.39 is 40.0 Å². The normalized spacial score (nSPS) is 15.1. The highest BCUT2D eigenvalue weighted by Gasteiger charge is 2.28. The molecule has 4 N–H and O–H groups in total. The van der Waals surface area contributed by atoms with Crippen molar-refractivity contribution < 1.29 is 28.0 Å². The molecule has 0 saturated heterocycles. The summed E-state index contributed by atoms with van der Waals surface area (Å²) >= 11 is 0. The zero-order chi connectivity index (χ0) is 23.5. The zero-order valence-corrected chi connectivity index (χ0v) is 20.3. The number of aliphatic hydroxyl groups is 2. The van der Waals surface area contributed by atoms with Crippen LogP contribution in [0, 0.1) is 0 Å². The summed E-state index contributed by atoms with van der Waals surface area (Å²) in [4.78, 5) is 12.3. The summed E-state index contributed by atoms with van der Waals surface area (Å²) in [5.41, 5.74) is 0. The smallest absolute Gasteiger partial charge is 0.266 e. The van der Waals surface area contributed by atoms with Crippen LogP contribution in [-0.4, -0.2) is 53.1 Å². The summed E-state index contributed by atoms with van der Waals surface area (Å²) in [6.07, 6.45) is 14.5. The lowest BCUT2D eigenvalue weighted by molar-refractivity contribution is -0.131. The maximum Gasteiger partial charge on any atom is 0.266 e. The van der Waals surface area contributed by atoms with Gasteiger partial charge in [0.25, 0.3) is 10.1 Å². The lowest BCUT2D eigenvalue weighted by atomic mass is 10.0. The van der Waals surface area contributed by atoms with Crippen LogP contribution in [0.25, 0.3) is 0 Å². The van der Waals surface area contributed by atoms with E-state index in [1.165, 1.54) is 12.8 Å². The third-order valence-corrected chi connectivity index (χ3v) is 6.11. The third-order valence-electron chi connectivity index (χ3n) is 5.33. The van der Waals surface area contributed by atoms with Gasteiger partial charge in [0, 0.05) is 0 Å². The topological polar surface area (TPSA) is 124 Å². The van der Waals surface area contributed by atoms with Crippen molar-refractivity contribution in [3.8, 4) is 0 Å². The van der Waals surface area contributed by atoms with Gasteiger partial charge < -0.3 is 15.5 Å². The summed E-state index contributed by atoms with van der Waals surface area (Å²) in [6.45, 7) is 4.26. The van der Waals surface area contributed by atoms with Gasteiger partial charge >= 0.3 is 0 Å². The quantitative estimate of drug-likeness (QED) is 0.122. The Morgan fingerprint density at radius 3 is 2.00 bits per heavy atom. The zero-order valence-electron chi connectivity index (χ0n) is 19.5. The molecule has 0 heterocycles. The van der Waals surface area contributed by atoms with Crippen LogP contribution in [0.3, 0.4) is 0 Å². The molecule has 0 aliphatic rings. The lowest BCUT2D eigenvalue weighted by Gasteiger charge is -2.24. The summed E-state index contributed by atoms with van der Waals surface area (Å²) in [6, 6.07) is -1.14. The molecule has 0 bridgehead atoms. The maximum atomic E-state index is 12.3. The third kappa shape index (κ3) is 18.3. The van der Waals surface area contributed by atoms with Crippen molar-refractivity contribution in [1.29, 1.82) is 0 Å². The predicted octanol–water partition coefficient (Wildman–Crippen LogP) is 4.14. The van der Waals surface area contributed by atoms with E-state index in [0.717, 1.165) is 51.4 Å². The number of amides is 1. The summed E-state index contributed by atoms with van der Waals surface area (Å²) < 4.78 is 31.7. The van der Waals surface area contributed by atoms with E-state index in [-0.39, 0.29) is 6.42 Å². The van der Waals surface area contributed by atoms with Crippen LogP contribution >= 0.6 is 0 Å². The summed E-state index contributed by atoms with van der Waals surface area (Å²) in [5.74, 6) is -1.48. The highest BCUT2D eigenvalue weighted by atomic mass is 32.2. The molecule has 184 valence electrons. The van der Waals surface area contributed by atoms with Gasteiger partial charge in [-0.15, -0.1) is 0 Å². The van der Waals surface area contributed by atoms with Gasteiger partial charge in [-0.2, -0.15) is 8.42 Å². The highest BCUT2D eigenvalue weighted by molar-refractivity contribution is 7.85. The van der Waals surface area contributed by atoms with Crippen LogP contribution in [-0.2, 0) is 14.9 Å². The van der Waals surface area contributed by atoms with Crippen molar-refractivity contribution in [1.82, 2.24) is 5.32 Å². The van der Waals surface area contributed by atoms with Crippen molar-refractivity contribution in [3.05, 3.63) is 12.2 Å². The van der Waals surface area contributed by atoms with Crippen LogP contribution in [0.5, 0.6) is 0 Å². The van der Waals surface area contributed by atoms with Gasteiger partial charge in [0.15, 0.2) is 0 Å². The minimum atomic E-state index is -4.38. The lowest BCUT2D eigenvalue weighted by Crippen LogP contribution is -2.50. The molecule has 0 aromatic carbocycles. The maximum absolute atomic E-state index is 12.3. The molecular weight excluding hydrogens is 418 g/mol. The molecule has 0 aromatic rings. The summed E-state index contributed by atoms with van der Waals surface area (Å²) in [7, 11) is -4.38. The van der Waals surface area contributed by atoms with Gasteiger partial charge in [-0.25, -0.2) is 0 Å². The molecule has 3 unspecified atom stereocenters. The van der Waals surface area contributed by atoms with E-state index in [9.17, 15) is 23.4 Å². The number of nitrogens with one attached hydrogen (secondary N) is 1. The molecule has 0 radical (unpaired) electrons. The molecule has 0 aromatic heterocycles. The minimum Gasteiger partial charge on any atom is -0.391 e. The fraction of sp³-hybridized carbons (Fsp3) is 0.870. The average Bonchev–Trinajstić information content (AvgIpc) is 2.70. The summed E-state index contributed by atoms with van der Waals surface area (Å²) in [5, 5.41) is 22.8. The Bertz CT molecular complexity index is 579. The number of allylic oxidation sites excluding steroid dienone is 2. The van der Waals surface area contributed by atoms with E-state index in [1.54, 1.807) is 0 Å². The van der Waals surface area contributed by atoms with E-state index in [4.69, 9.17) is 4.55 Å². The highest BCUT2D eigenvalue weighted by Crippen LogP contribution is 2.12. The van der Waals surface area contributed by atoms with Crippen LogP contribution in [0.4, 0.5) is 0 Å². The van der Waals surface area contributed by atoms with Gasteiger partial charge in [0.1, 0.15) is 6.10 Å². The second-order valence-electron chi connectivity index (χ2n) is 8.40. The van der Waals surface area contributed by atoms with Crippen molar-refractivity contribution in [3.63, 3.8) is 0 Å². The molecule has 8 heteroatoms. The Morgan fingerprint density at radius 1 is 0.839 bits per heavy atom. The van der Waals surface area contributed by atoms with E-state index in [0.29, 0.717) is 19.3 Å². The number of carbonyl (C=O) groups is 1. The van der Waals surface area contributed by atoms with E-state index in [2.05, 4.69) is 31.3 Å². The van der Waals surface area contributed by atoms with Gasteiger partial charge in [0.05, 0.1) is 17.9 Å². The first kappa shape index (κ1) is 30.0. The van der Waals surface area contributed by atoms with Gasteiger partial charge in [-0.1, -0.05) is 83.8 Å². The molecule has 3 atom stereocenters. The molecule has 0 rings (SSSR count). The van der Waals surface area contributed by atoms with E-state index in [1.807, 2.05) is 0 Å². The largest absolute Gasteiger partial charge is 0.391 e. The van der Waals surface area contributed by atoms with Crippen LogP contribution in [0.15, 0.2) is 12.2 Å². The molecule has 1 amide bonds. The fourth-order valence-electron chi connectivity index (χ4n) is 3.38. The van der Waals surface area contributed by atoms with Crippen LogP contribution in [0.2, 0.25) is 0 Å². The predicted molar refractivity (Wildman–Crippen MR) is 125 cm³/mol. The molecule has 0 fully saturated rings. The van der Waals surface area contributed by atoms with Gasteiger partial charge in [-0.3, -0.25) is 9.35 Å². The Balaban J connectivity index is 4.35. The Labute approximate surface area is 189 Å². The second-order valence-corrected chi connectivity index (χ2v) is 9.90. The minimum absolute atomic E-state index is 0.275. The van der Waals surface area contributed by atoms with Gasteiger partial charge in [0.2, 0.25) is 5.91 Å². The Kier molecular flexibility index (Phi) is 18.0. The molecule has 0 saturated carbocycles. The monoisotopic (exact) mass is 463 g/mol. The number of aliphatic hydroxyl groups excluding tert-OH is 2. The number of carbonyl (C=O) groups excluding carboxylic acids is 1. The number of rotatable bonds is 20. The molecule has 0 aliphatic heterocycles. The Morgan fingerprint density at radius 2 is 1.39 bits per heavy atom. The van der Waals surface area contributed by atoms with Crippen molar-refractivity contribution >= 4 is 16.0 Å². The van der Waals surface area contributed by atoms with Crippen molar-refractivity contribution in [2.24, 2.45) is 0 Å². The van der Waals surface area contributed by atoms with Crippen molar-refractivity contribution in [2.75, 3.05) is 5.75 Å². The second kappa shape index (κ2) is 18.6. The van der Waals surface area contributed by atoms with Gasteiger partial charge in [-0.05, 0) is 32.1 Å². The first-order valence-corrected chi connectivity index (χ1v) is 13.6. The Hall–Kier alpha value is -0.960. The van der Waals surface area contributed by atoms with Crippen LogP contribution in [0.1, 0.15) is 104 Å². The molecule has 0 spiro atoms. The molecule has 31 heavy (non-hydrogen) atoms. The van der Waals surface area contributed by atoms with E-state index >= 15 is 0 Å². The number of hydrogen-bond donors (Lipinski definition) is 4. The SMILES string of the molecule is CCCC/C=C\CCCCCC(O)C(=O)NC(CS(=O)(=O)O)C(O)CCCCCCC. The number of unbranched alkanes of at least 4 members (excludes halogenated alkanes) is 9. The standard InChI is InChI=1S/C23H45NO6S/c1-3-5-7-9-10-11-12-14-16-18-22(26)23(27)24-20(19-31(28,29)30)21(25)17-15-13-8-6-4-2/h9-10,20-22,25-26H,3-8,11-19H2,1-2H3,(H,24,27)(H,28,29,30)/b10-9-. The fourth-order valence-corrected chi connectivity index (χ4v) is 4.14. The molecule has 0 aliphatic carbocycles. The first-order valence-electron chi connectivity index (χ1n) is 12.0. The van der Waals surface area contributed by atoms with Crippen molar-refractivity contribution in [2.45, 2.75) is 122 Å².